The molecule has 7 rings (SSSR count). The van der Waals surface area contributed by atoms with Crippen LogP contribution in [0.5, 0.6) is 0 Å². The van der Waals surface area contributed by atoms with Gasteiger partial charge in [0.05, 0.1) is 11.1 Å². The Bertz CT molecular complexity index is 1290. The van der Waals surface area contributed by atoms with Gasteiger partial charge in [-0.05, 0) is 42.5 Å². The van der Waals surface area contributed by atoms with Crippen LogP contribution in [0.1, 0.15) is 53.0 Å². The van der Waals surface area contributed by atoms with Crippen molar-refractivity contribution in [2.24, 2.45) is 5.41 Å². The van der Waals surface area contributed by atoms with Crippen molar-refractivity contribution in [2.75, 3.05) is 5.32 Å². The number of nitrogens with zero attached hydrogens (tertiary/aromatic N) is 1. The van der Waals surface area contributed by atoms with Gasteiger partial charge in [0.25, 0.3) is 0 Å². The highest BCUT2D eigenvalue weighted by Gasteiger charge is 2.53. The summed E-state index contributed by atoms with van der Waals surface area (Å²) in [5.41, 5.74) is 7.99. The van der Waals surface area contributed by atoms with Crippen molar-refractivity contribution in [1.82, 2.24) is 4.98 Å². The van der Waals surface area contributed by atoms with Crippen LogP contribution in [0.3, 0.4) is 0 Å². The van der Waals surface area contributed by atoms with Gasteiger partial charge in [-0.2, -0.15) is 0 Å². The molecule has 1 amide bonds. The van der Waals surface area contributed by atoms with Gasteiger partial charge in [0, 0.05) is 22.8 Å². The number of amides is 1. The molecule has 1 N–H and O–H groups in total. The normalized spacial score (nSPS) is 22.8. The minimum Gasteiger partial charge on any atom is -0.301 e. The standard InChI is InChI=1S/C28H24N2OS/c1-17-11-13-18(14-12-17)24-16-32-27(29-24)30-26(31)28(2)15-23-19-7-3-5-9-21(19)25(28)22-10-6-4-8-20(22)23/h3-14,16,23,25H,15H2,1-2H3,(H,29,30,31)/t23?,25?,28-/m1/s1. The highest BCUT2D eigenvalue weighted by atomic mass is 32.1. The van der Waals surface area contributed by atoms with Crippen LogP contribution < -0.4 is 5.32 Å². The van der Waals surface area contributed by atoms with Gasteiger partial charge in [0.15, 0.2) is 5.13 Å². The fourth-order valence-electron chi connectivity index (χ4n) is 5.62. The van der Waals surface area contributed by atoms with Gasteiger partial charge in [-0.3, -0.25) is 4.79 Å². The highest BCUT2D eigenvalue weighted by molar-refractivity contribution is 7.14. The molecule has 158 valence electrons. The second-order valence-electron chi connectivity index (χ2n) is 9.22. The molecule has 2 bridgehead atoms. The van der Waals surface area contributed by atoms with Crippen LogP contribution in [0.25, 0.3) is 11.3 Å². The van der Waals surface area contributed by atoms with Gasteiger partial charge < -0.3 is 5.32 Å². The number of nitrogens with one attached hydrogen (secondary N) is 1. The Balaban J connectivity index is 1.34. The van der Waals surface area contributed by atoms with Crippen LogP contribution in [-0.2, 0) is 4.79 Å². The molecule has 0 radical (unpaired) electrons. The average molecular weight is 437 g/mol. The minimum absolute atomic E-state index is 0.0523. The minimum atomic E-state index is -0.525. The Morgan fingerprint density at radius 2 is 1.53 bits per heavy atom. The smallest absolute Gasteiger partial charge is 0.233 e. The van der Waals surface area contributed by atoms with Crippen molar-refractivity contribution in [3.8, 4) is 11.3 Å². The van der Waals surface area contributed by atoms with E-state index in [4.69, 9.17) is 4.98 Å². The molecule has 0 saturated carbocycles. The summed E-state index contributed by atoms with van der Waals surface area (Å²) < 4.78 is 0. The molecule has 0 saturated heterocycles. The lowest BCUT2D eigenvalue weighted by Crippen LogP contribution is -2.47. The van der Waals surface area contributed by atoms with Gasteiger partial charge in [0.2, 0.25) is 5.91 Å². The van der Waals surface area contributed by atoms with Crippen LogP contribution >= 0.6 is 11.3 Å². The van der Waals surface area contributed by atoms with Gasteiger partial charge in [0.1, 0.15) is 0 Å². The molecule has 0 unspecified atom stereocenters. The van der Waals surface area contributed by atoms with Gasteiger partial charge >= 0.3 is 0 Å². The Kier molecular flexibility index (Phi) is 4.34. The predicted octanol–water partition coefficient (Wildman–Crippen LogP) is 6.74. The van der Waals surface area contributed by atoms with Gasteiger partial charge in [-0.25, -0.2) is 4.98 Å². The zero-order valence-corrected chi connectivity index (χ0v) is 18.9. The largest absolute Gasteiger partial charge is 0.301 e. The van der Waals surface area contributed by atoms with E-state index in [1.165, 1.54) is 39.2 Å². The van der Waals surface area contributed by atoms with Crippen LogP contribution in [0.2, 0.25) is 0 Å². The van der Waals surface area contributed by atoms with E-state index in [1.54, 1.807) is 0 Å². The molecule has 0 aliphatic heterocycles. The Morgan fingerprint density at radius 3 is 2.16 bits per heavy atom. The number of aryl methyl sites for hydroxylation is 1. The first kappa shape index (κ1) is 19.4. The summed E-state index contributed by atoms with van der Waals surface area (Å²) in [6.45, 7) is 4.20. The predicted molar refractivity (Wildman–Crippen MR) is 130 cm³/mol. The van der Waals surface area contributed by atoms with Crippen LogP contribution in [-0.4, -0.2) is 10.9 Å². The third-order valence-electron chi connectivity index (χ3n) is 7.22. The van der Waals surface area contributed by atoms with E-state index >= 15 is 0 Å². The number of rotatable bonds is 3. The lowest BCUT2D eigenvalue weighted by Gasteiger charge is -2.50. The molecule has 1 heterocycles. The van der Waals surface area contributed by atoms with Crippen molar-refractivity contribution >= 4 is 22.4 Å². The number of hydrogen-bond acceptors (Lipinski definition) is 3. The number of hydrogen-bond donors (Lipinski definition) is 1. The fraction of sp³-hybridized carbons (Fsp3) is 0.214. The number of carbonyl (C=O) groups excluding carboxylic acids is 1. The van der Waals surface area contributed by atoms with E-state index in [1.807, 2.05) is 5.38 Å². The van der Waals surface area contributed by atoms with Crippen molar-refractivity contribution < 1.29 is 4.79 Å². The third kappa shape index (κ3) is 2.86. The number of thiazole rings is 1. The summed E-state index contributed by atoms with van der Waals surface area (Å²) >= 11 is 1.49. The maximum absolute atomic E-state index is 13.7. The lowest BCUT2D eigenvalue weighted by molar-refractivity contribution is -0.126. The molecular formula is C28H24N2OS. The second kappa shape index (κ2) is 7.14. The lowest BCUT2D eigenvalue weighted by atomic mass is 9.52. The summed E-state index contributed by atoms with van der Waals surface area (Å²) in [5, 5.41) is 5.84. The first-order valence-electron chi connectivity index (χ1n) is 11.1. The number of carbonyl (C=O) groups is 1. The molecule has 4 aromatic rings. The van der Waals surface area contributed by atoms with Crippen molar-refractivity contribution in [1.29, 1.82) is 0 Å². The Labute approximate surface area is 192 Å². The van der Waals surface area contributed by atoms with Gasteiger partial charge in [-0.1, -0.05) is 78.4 Å². The zero-order valence-electron chi connectivity index (χ0n) is 18.1. The van der Waals surface area contributed by atoms with Crippen LogP contribution in [0.15, 0.2) is 78.2 Å². The monoisotopic (exact) mass is 436 g/mol. The third-order valence-corrected chi connectivity index (χ3v) is 7.98. The SMILES string of the molecule is Cc1ccc(-c2csc(NC(=O)[C@]3(C)CC4c5ccccc5C3c3ccccc34)n2)cc1. The molecule has 0 spiro atoms. The number of fused-ring (bicyclic) bond motifs is 1. The number of aromatic nitrogens is 1. The maximum atomic E-state index is 13.7. The molecule has 3 aliphatic rings. The van der Waals surface area contributed by atoms with E-state index in [-0.39, 0.29) is 17.7 Å². The molecule has 4 heteroatoms. The van der Waals surface area contributed by atoms with E-state index in [0.29, 0.717) is 5.13 Å². The molecule has 1 atom stereocenters. The zero-order chi connectivity index (χ0) is 21.9. The highest BCUT2D eigenvalue weighted by Crippen LogP contribution is 2.61. The first-order chi connectivity index (χ1) is 15.5. The first-order valence-corrected chi connectivity index (χ1v) is 11.9. The fourth-order valence-corrected chi connectivity index (χ4v) is 6.33. The van der Waals surface area contributed by atoms with Crippen molar-refractivity contribution in [3.05, 3.63) is 106 Å². The quantitative estimate of drug-likeness (QED) is 0.386. The maximum Gasteiger partial charge on any atom is 0.233 e. The molecule has 3 aromatic carbocycles. The number of benzene rings is 3. The van der Waals surface area contributed by atoms with Crippen LogP contribution in [0.4, 0.5) is 5.13 Å². The topological polar surface area (TPSA) is 42.0 Å². The van der Waals surface area contributed by atoms with E-state index in [9.17, 15) is 4.79 Å². The number of anilines is 1. The molecule has 3 aliphatic carbocycles. The van der Waals surface area contributed by atoms with Gasteiger partial charge in [-0.15, -0.1) is 11.3 Å². The van der Waals surface area contributed by atoms with Crippen molar-refractivity contribution in [3.63, 3.8) is 0 Å². The average Bonchev–Trinajstić information content (AvgIpc) is 3.28. The van der Waals surface area contributed by atoms with E-state index < -0.39 is 5.41 Å². The summed E-state index contributed by atoms with van der Waals surface area (Å²) in [6, 6.07) is 25.6. The Hall–Kier alpha value is -3.24. The van der Waals surface area contributed by atoms with Crippen molar-refractivity contribution in [2.45, 2.75) is 32.1 Å². The summed E-state index contributed by atoms with van der Waals surface area (Å²) in [6.07, 6.45) is 0.813. The molecular weight excluding hydrogens is 412 g/mol. The molecule has 32 heavy (non-hydrogen) atoms. The summed E-state index contributed by atoms with van der Waals surface area (Å²) in [5.74, 6) is 0.361. The summed E-state index contributed by atoms with van der Waals surface area (Å²) in [7, 11) is 0. The van der Waals surface area contributed by atoms with E-state index in [0.717, 1.165) is 17.7 Å². The molecule has 3 nitrogen and oxygen atoms in total. The summed E-state index contributed by atoms with van der Waals surface area (Å²) in [4.78, 5) is 18.5. The second-order valence-corrected chi connectivity index (χ2v) is 10.1. The molecule has 0 fully saturated rings. The molecule has 1 aromatic heterocycles. The van der Waals surface area contributed by atoms with E-state index in [2.05, 4.69) is 92.0 Å². The Morgan fingerprint density at radius 1 is 0.938 bits per heavy atom. The van der Waals surface area contributed by atoms with Crippen LogP contribution in [0, 0.1) is 12.3 Å².